The fraction of sp³-hybridized carbons (Fsp3) is 0.500. The molecule has 6 nitrogen and oxygen atoms in total. The number of aromatic nitrogens is 4. The standard InChI is InChI=1S/C40H52N4O2S/c1-7-11-13-15-17-29-25(5)33-19-35-27(9-3)28(10-4)36(43-35)20-34-26(6)30(18-16-14-12-8-2)38(42-34)22-40-32-24-47(45,46)23-31(32)39(44-40)21-37(29)41-33/h19-22,41,43H,7-18,23-24H2,1-6H3. The Morgan fingerprint density at radius 1 is 0.596 bits per heavy atom. The smallest absolute Gasteiger partial charge is 0.158 e. The number of aromatic amines is 2. The summed E-state index contributed by atoms with van der Waals surface area (Å²) < 4.78 is 26.1. The Kier molecular flexibility index (Phi) is 9.93. The van der Waals surface area contributed by atoms with Crippen molar-refractivity contribution in [2.75, 3.05) is 11.5 Å². The van der Waals surface area contributed by atoms with Crippen LogP contribution >= 0.6 is 0 Å². The lowest BCUT2D eigenvalue weighted by Crippen LogP contribution is -2.05. The van der Waals surface area contributed by atoms with E-state index in [9.17, 15) is 8.42 Å². The van der Waals surface area contributed by atoms with E-state index in [1.165, 1.54) is 71.9 Å². The summed E-state index contributed by atoms with van der Waals surface area (Å²) in [6.45, 7) is 13.4. The minimum absolute atomic E-state index is 0.0385. The van der Waals surface area contributed by atoms with Crippen LogP contribution in [0.25, 0.3) is 44.4 Å². The monoisotopic (exact) mass is 652 g/mol. The second kappa shape index (κ2) is 14.0. The zero-order valence-corrected chi connectivity index (χ0v) is 30.1. The van der Waals surface area contributed by atoms with E-state index in [1.54, 1.807) is 0 Å². The molecular weight excluding hydrogens is 601 g/mol. The molecule has 2 N–H and O–H groups in total. The van der Waals surface area contributed by atoms with Crippen LogP contribution in [0.4, 0.5) is 0 Å². The molecule has 6 rings (SSSR count). The lowest BCUT2D eigenvalue weighted by Gasteiger charge is -2.05. The van der Waals surface area contributed by atoms with Crippen molar-refractivity contribution in [2.45, 2.75) is 119 Å². The van der Waals surface area contributed by atoms with Crippen molar-refractivity contribution in [2.24, 2.45) is 0 Å². The van der Waals surface area contributed by atoms with Gasteiger partial charge in [0.05, 0.1) is 34.3 Å². The number of nitrogens with one attached hydrogen (secondary N) is 2. The molecule has 0 aromatic carbocycles. The zero-order valence-electron chi connectivity index (χ0n) is 29.3. The van der Waals surface area contributed by atoms with Crippen molar-refractivity contribution in [1.29, 1.82) is 0 Å². The number of sulfone groups is 1. The molecule has 3 aromatic rings. The van der Waals surface area contributed by atoms with Gasteiger partial charge in [0.15, 0.2) is 9.84 Å². The van der Waals surface area contributed by atoms with Crippen LogP contribution in [0.2, 0.25) is 0 Å². The van der Waals surface area contributed by atoms with Gasteiger partial charge in [-0.3, -0.25) is 0 Å². The van der Waals surface area contributed by atoms with Gasteiger partial charge in [0.2, 0.25) is 0 Å². The summed E-state index contributed by atoms with van der Waals surface area (Å²) in [7, 11) is -3.23. The van der Waals surface area contributed by atoms with E-state index in [4.69, 9.17) is 9.97 Å². The number of hydrogen-bond donors (Lipinski definition) is 2. The van der Waals surface area contributed by atoms with Gasteiger partial charge in [-0.2, -0.15) is 0 Å². The van der Waals surface area contributed by atoms with Crippen molar-refractivity contribution >= 4 is 54.2 Å². The number of H-pyrrole nitrogens is 2. The largest absolute Gasteiger partial charge is 0.355 e. The zero-order chi connectivity index (χ0) is 33.3. The maximum absolute atomic E-state index is 13.0. The van der Waals surface area contributed by atoms with Crippen molar-refractivity contribution in [3.8, 4) is 0 Å². The summed E-state index contributed by atoms with van der Waals surface area (Å²) >= 11 is 0. The molecule has 0 unspecified atom stereocenters. The second-order valence-electron chi connectivity index (χ2n) is 13.7. The van der Waals surface area contributed by atoms with Crippen molar-refractivity contribution < 1.29 is 8.42 Å². The van der Waals surface area contributed by atoms with E-state index in [0.717, 1.165) is 94.5 Å². The molecule has 6 heterocycles. The van der Waals surface area contributed by atoms with Crippen LogP contribution in [-0.2, 0) is 29.1 Å². The Labute approximate surface area is 281 Å². The first-order valence-corrected chi connectivity index (χ1v) is 19.9. The van der Waals surface area contributed by atoms with E-state index < -0.39 is 9.84 Å². The van der Waals surface area contributed by atoms with Gasteiger partial charge in [0.1, 0.15) is 0 Å². The Morgan fingerprint density at radius 3 is 1.77 bits per heavy atom. The van der Waals surface area contributed by atoms with Crippen molar-refractivity contribution in [3.05, 3.63) is 69.3 Å². The van der Waals surface area contributed by atoms with E-state index >= 15 is 0 Å². The molecule has 3 aliphatic rings. The molecule has 0 amide bonds. The Hall–Kier alpha value is -3.45. The van der Waals surface area contributed by atoms with Gasteiger partial charge in [-0.1, -0.05) is 66.2 Å². The second-order valence-corrected chi connectivity index (χ2v) is 15.8. The molecule has 0 radical (unpaired) electrons. The molecule has 7 heteroatoms. The Balaban J connectivity index is 1.67. The number of allylic oxidation sites excluding steroid dienone is 2. The molecule has 0 saturated carbocycles. The van der Waals surface area contributed by atoms with E-state index in [0.29, 0.717) is 0 Å². The van der Waals surface area contributed by atoms with E-state index in [-0.39, 0.29) is 11.5 Å². The van der Waals surface area contributed by atoms with Crippen LogP contribution < -0.4 is 0 Å². The van der Waals surface area contributed by atoms with Gasteiger partial charge in [-0.25, -0.2) is 18.4 Å². The number of aryl methyl sites for hydroxylation is 4. The molecule has 0 aliphatic carbocycles. The molecule has 0 spiro atoms. The lowest BCUT2D eigenvalue weighted by atomic mass is 9.98. The van der Waals surface area contributed by atoms with Gasteiger partial charge in [0.25, 0.3) is 0 Å². The van der Waals surface area contributed by atoms with Gasteiger partial charge >= 0.3 is 0 Å². The maximum atomic E-state index is 13.0. The maximum Gasteiger partial charge on any atom is 0.158 e. The molecule has 3 aliphatic heterocycles. The van der Waals surface area contributed by atoms with Crippen LogP contribution in [0, 0.1) is 6.92 Å². The van der Waals surface area contributed by atoms with Gasteiger partial charge in [0, 0.05) is 22.1 Å². The number of hydrogen-bond acceptors (Lipinski definition) is 4. The third-order valence-corrected chi connectivity index (χ3v) is 11.9. The third-order valence-electron chi connectivity index (χ3n) is 10.5. The molecule has 0 saturated heterocycles. The minimum Gasteiger partial charge on any atom is -0.355 e. The van der Waals surface area contributed by atoms with Crippen molar-refractivity contribution in [1.82, 2.24) is 19.9 Å². The molecule has 8 bridgehead atoms. The highest BCUT2D eigenvalue weighted by molar-refractivity contribution is 7.92. The predicted molar refractivity (Wildman–Crippen MR) is 199 cm³/mol. The minimum atomic E-state index is -3.23. The van der Waals surface area contributed by atoms with E-state index in [1.807, 2.05) is 0 Å². The molecular formula is C40H52N4O2S. The number of unbranched alkanes of at least 4 members (excludes halogenated alkanes) is 6. The highest BCUT2D eigenvalue weighted by atomic mass is 32.2. The highest BCUT2D eigenvalue weighted by Crippen LogP contribution is 2.40. The molecule has 0 atom stereocenters. The summed E-state index contributed by atoms with van der Waals surface area (Å²) in [5.41, 5.74) is 17.3. The number of nitrogens with zero attached hydrogens (tertiary/aromatic N) is 2. The Bertz CT molecular complexity index is 2020. The molecule has 3 aromatic heterocycles. The fourth-order valence-corrected chi connectivity index (χ4v) is 9.40. The van der Waals surface area contributed by atoms with Gasteiger partial charge in [-0.05, 0) is 121 Å². The SMILES string of the molecule is CCCCCCC1=C(C)c2cc3[nH]c(cc4[nH]c(cc5nc(cc1n2)C1=C5CS(=O)(=O)C1)c(CCCCCC)c4C)c(CC)c3CC. The predicted octanol–water partition coefficient (Wildman–Crippen LogP) is 10.1. The Morgan fingerprint density at radius 2 is 1.13 bits per heavy atom. The normalized spacial score (nSPS) is 15.6. The van der Waals surface area contributed by atoms with Crippen LogP contribution in [0.5, 0.6) is 0 Å². The summed E-state index contributed by atoms with van der Waals surface area (Å²) in [5, 5.41) is 0. The average molecular weight is 653 g/mol. The van der Waals surface area contributed by atoms with Crippen LogP contribution in [0.3, 0.4) is 0 Å². The number of fused-ring (bicyclic) bond motifs is 10. The summed E-state index contributed by atoms with van der Waals surface area (Å²) in [6, 6.07) is 8.72. The summed E-state index contributed by atoms with van der Waals surface area (Å²) in [4.78, 5) is 18.0. The van der Waals surface area contributed by atoms with Crippen LogP contribution in [0.1, 0.15) is 137 Å². The first-order valence-electron chi connectivity index (χ1n) is 18.1. The number of rotatable bonds is 12. The first-order chi connectivity index (χ1) is 22.7. The van der Waals surface area contributed by atoms with Crippen molar-refractivity contribution in [3.63, 3.8) is 0 Å². The molecule has 250 valence electrons. The topological polar surface area (TPSA) is 91.5 Å². The summed E-state index contributed by atoms with van der Waals surface area (Å²) in [5.74, 6) is 0.0806. The first kappa shape index (κ1) is 33.5. The molecule has 47 heavy (non-hydrogen) atoms. The fourth-order valence-electron chi connectivity index (χ4n) is 7.78. The highest BCUT2D eigenvalue weighted by Gasteiger charge is 2.34. The van der Waals surface area contributed by atoms with Crippen LogP contribution in [0.15, 0.2) is 24.3 Å². The van der Waals surface area contributed by atoms with E-state index in [2.05, 4.69) is 75.8 Å². The average Bonchev–Trinajstić information content (AvgIpc) is 3.79. The van der Waals surface area contributed by atoms with Gasteiger partial charge in [-0.15, -0.1) is 0 Å². The quantitative estimate of drug-likeness (QED) is 0.191. The molecule has 0 fully saturated rings. The lowest BCUT2D eigenvalue weighted by molar-refractivity contribution is 0.603. The third kappa shape index (κ3) is 6.65. The van der Waals surface area contributed by atoms with Crippen LogP contribution in [-0.4, -0.2) is 39.9 Å². The van der Waals surface area contributed by atoms with Gasteiger partial charge < -0.3 is 9.97 Å². The summed E-state index contributed by atoms with van der Waals surface area (Å²) in [6.07, 6.45) is 13.3.